The Morgan fingerprint density at radius 1 is 1.31 bits per heavy atom. The molecule has 29 heavy (non-hydrogen) atoms. The molecule has 150 valence electrons. The number of anilines is 1. The Morgan fingerprint density at radius 3 is 2.97 bits per heavy atom. The second kappa shape index (κ2) is 8.93. The molecule has 0 fully saturated rings. The van der Waals surface area contributed by atoms with Crippen LogP contribution in [0.15, 0.2) is 46.8 Å². The van der Waals surface area contributed by atoms with E-state index in [1.807, 2.05) is 54.9 Å². The molecule has 0 saturated carbocycles. The number of hydrogen-bond donors (Lipinski definition) is 1. The van der Waals surface area contributed by atoms with Crippen LogP contribution in [-0.4, -0.2) is 18.7 Å². The summed E-state index contributed by atoms with van der Waals surface area (Å²) in [5.41, 5.74) is 2.57. The topological polar surface area (TPSA) is 50.7 Å². The van der Waals surface area contributed by atoms with Gasteiger partial charge in [-0.05, 0) is 61.2 Å². The van der Waals surface area contributed by atoms with E-state index in [0.717, 1.165) is 40.3 Å². The van der Waals surface area contributed by atoms with Crippen molar-refractivity contribution in [3.63, 3.8) is 0 Å². The molecule has 1 aromatic carbocycles. The van der Waals surface area contributed by atoms with E-state index in [2.05, 4.69) is 12.2 Å². The molecule has 1 N–H and O–H groups in total. The van der Waals surface area contributed by atoms with Gasteiger partial charge in [0.1, 0.15) is 10.8 Å². The Labute approximate surface area is 179 Å². The van der Waals surface area contributed by atoms with Crippen molar-refractivity contribution in [1.82, 2.24) is 0 Å². The van der Waals surface area contributed by atoms with Crippen molar-refractivity contribution in [2.75, 3.05) is 11.9 Å². The SMILES string of the molecule is CCOc1ccccc1NC(=O)c1c(/N=C/c2cccs2)sc2c1CCC(C)C2. The maximum Gasteiger partial charge on any atom is 0.259 e. The largest absolute Gasteiger partial charge is 0.492 e. The lowest BCUT2D eigenvalue weighted by atomic mass is 9.88. The number of amides is 1. The van der Waals surface area contributed by atoms with E-state index in [1.165, 1.54) is 4.88 Å². The number of ether oxygens (including phenoxy) is 1. The van der Waals surface area contributed by atoms with Crippen LogP contribution in [0.4, 0.5) is 10.7 Å². The second-order valence-electron chi connectivity index (χ2n) is 7.19. The maximum absolute atomic E-state index is 13.3. The van der Waals surface area contributed by atoms with Gasteiger partial charge in [-0.2, -0.15) is 0 Å². The third-order valence-electron chi connectivity index (χ3n) is 5.01. The minimum Gasteiger partial charge on any atom is -0.492 e. The first-order valence-corrected chi connectivity index (χ1v) is 11.6. The van der Waals surface area contributed by atoms with Crippen LogP contribution in [-0.2, 0) is 12.8 Å². The van der Waals surface area contributed by atoms with Crippen LogP contribution in [0.1, 0.15) is 45.9 Å². The Morgan fingerprint density at radius 2 is 2.17 bits per heavy atom. The maximum atomic E-state index is 13.3. The fourth-order valence-electron chi connectivity index (χ4n) is 3.58. The van der Waals surface area contributed by atoms with Gasteiger partial charge in [-0.1, -0.05) is 25.1 Å². The van der Waals surface area contributed by atoms with E-state index in [9.17, 15) is 4.79 Å². The minimum absolute atomic E-state index is 0.109. The number of fused-ring (bicyclic) bond motifs is 1. The van der Waals surface area contributed by atoms with Crippen LogP contribution in [0.5, 0.6) is 5.75 Å². The number of benzene rings is 1. The summed E-state index contributed by atoms with van der Waals surface area (Å²) in [7, 11) is 0. The molecule has 6 heteroatoms. The Balaban J connectivity index is 1.69. The van der Waals surface area contributed by atoms with Crippen LogP contribution in [0.25, 0.3) is 0 Å². The minimum atomic E-state index is -0.109. The lowest BCUT2D eigenvalue weighted by Crippen LogP contribution is -2.17. The van der Waals surface area contributed by atoms with Crippen LogP contribution < -0.4 is 10.1 Å². The van der Waals surface area contributed by atoms with Crippen LogP contribution in [0.3, 0.4) is 0 Å². The zero-order chi connectivity index (χ0) is 20.2. The Kier molecular flexibility index (Phi) is 6.11. The molecule has 0 saturated heterocycles. The Bertz CT molecular complexity index is 1020. The van der Waals surface area contributed by atoms with Gasteiger partial charge < -0.3 is 10.1 Å². The molecule has 0 aliphatic heterocycles. The van der Waals surface area contributed by atoms with Gasteiger partial charge in [0, 0.05) is 16.0 Å². The lowest BCUT2D eigenvalue weighted by molar-refractivity contribution is 0.102. The number of aliphatic imine (C=N–C) groups is 1. The molecule has 4 rings (SSSR count). The predicted molar refractivity (Wildman–Crippen MR) is 123 cm³/mol. The number of rotatable bonds is 6. The molecular formula is C23H24N2O2S2. The zero-order valence-corrected chi connectivity index (χ0v) is 18.2. The van der Waals surface area contributed by atoms with Gasteiger partial charge >= 0.3 is 0 Å². The molecule has 0 bridgehead atoms. The van der Waals surface area contributed by atoms with E-state index in [-0.39, 0.29) is 5.91 Å². The van der Waals surface area contributed by atoms with Crippen molar-refractivity contribution in [3.05, 3.63) is 62.7 Å². The number of carbonyl (C=O) groups is 1. The Hall–Kier alpha value is -2.44. The van der Waals surface area contributed by atoms with Gasteiger partial charge in [0.25, 0.3) is 5.91 Å². The molecule has 0 spiro atoms. The van der Waals surface area contributed by atoms with E-state index < -0.39 is 0 Å². The molecule has 1 aliphatic rings. The number of para-hydroxylation sites is 2. The molecule has 1 aliphatic carbocycles. The van der Waals surface area contributed by atoms with Crippen molar-refractivity contribution in [1.29, 1.82) is 0 Å². The van der Waals surface area contributed by atoms with E-state index in [0.29, 0.717) is 24.0 Å². The van der Waals surface area contributed by atoms with Crippen molar-refractivity contribution in [3.8, 4) is 5.75 Å². The van der Waals surface area contributed by atoms with Crippen LogP contribution in [0, 0.1) is 5.92 Å². The predicted octanol–water partition coefficient (Wildman–Crippen LogP) is 6.34. The van der Waals surface area contributed by atoms with E-state index in [1.54, 1.807) is 22.7 Å². The number of carbonyl (C=O) groups excluding carboxylic acids is 1. The van der Waals surface area contributed by atoms with Crippen LogP contribution in [0.2, 0.25) is 0 Å². The first-order chi connectivity index (χ1) is 14.2. The highest BCUT2D eigenvalue weighted by Gasteiger charge is 2.27. The highest BCUT2D eigenvalue weighted by atomic mass is 32.1. The fourth-order valence-corrected chi connectivity index (χ4v) is 5.52. The summed E-state index contributed by atoms with van der Waals surface area (Å²) in [5, 5.41) is 5.89. The third kappa shape index (κ3) is 4.43. The highest BCUT2D eigenvalue weighted by molar-refractivity contribution is 7.16. The van der Waals surface area contributed by atoms with Gasteiger partial charge in [0.15, 0.2) is 0 Å². The molecule has 2 aromatic heterocycles. The highest BCUT2D eigenvalue weighted by Crippen LogP contribution is 2.42. The average molecular weight is 425 g/mol. The summed E-state index contributed by atoms with van der Waals surface area (Å²) in [6.45, 7) is 4.76. The van der Waals surface area contributed by atoms with Gasteiger partial charge in [0.05, 0.1) is 17.9 Å². The molecule has 1 atom stereocenters. The van der Waals surface area contributed by atoms with Crippen molar-refractivity contribution in [2.24, 2.45) is 10.9 Å². The van der Waals surface area contributed by atoms with Crippen molar-refractivity contribution >= 4 is 45.5 Å². The number of thiophene rings is 2. The van der Waals surface area contributed by atoms with E-state index in [4.69, 9.17) is 9.73 Å². The second-order valence-corrected chi connectivity index (χ2v) is 9.25. The lowest BCUT2D eigenvalue weighted by Gasteiger charge is -2.19. The first kappa shape index (κ1) is 19.9. The molecule has 4 nitrogen and oxygen atoms in total. The summed E-state index contributed by atoms with van der Waals surface area (Å²) >= 11 is 3.30. The first-order valence-electron chi connectivity index (χ1n) is 9.91. The number of hydrogen-bond acceptors (Lipinski definition) is 5. The van der Waals surface area contributed by atoms with Gasteiger partial charge in [0.2, 0.25) is 0 Å². The smallest absolute Gasteiger partial charge is 0.259 e. The molecule has 2 heterocycles. The molecular weight excluding hydrogens is 400 g/mol. The molecule has 1 unspecified atom stereocenters. The quantitative estimate of drug-likeness (QED) is 0.470. The summed E-state index contributed by atoms with van der Waals surface area (Å²) in [6.07, 6.45) is 4.91. The van der Waals surface area contributed by atoms with Crippen molar-refractivity contribution in [2.45, 2.75) is 33.1 Å². The number of nitrogens with zero attached hydrogens (tertiary/aromatic N) is 1. The number of nitrogens with one attached hydrogen (secondary N) is 1. The van der Waals surface area contributed by atoms with Crippen LogP contribution >= 0.6 is 22.7 Å². The monoisotopic (exact) mass is 424 g/mol. The van der Waals surface area contributed by atoms with Crippen molar-refractivity contribution < 1.29 is 9.53 Å². The molecule has 1 amide bonds. The van der Waals surface area contributed by atoms with Gasteiger partial charge in [-0.25, -0.2) is 4.99 Å². The summed E-state index contributed by atoms with van der Waals surface area (Å²) in [5.74, 6) is 1.22. The summed E-state index contributed by atoms with van der Waals surface area (Å²) in [6, 6.07) is 11.6. The van der Waals surface area contributed by atoms with Gasteiger partial charge in [-0.15, -0.1) is 22.7 Å². The standard InChI is InChI=1S/C23H24N2O2S2/c1-3-27-19-9-5-4-8-18(19)25-22(26)21-17-11-10-15(2)13-20(17)29-23(21)24-14-16-7-6-12-28-16/h4-9,12,14-15H,3,10-11,13H2,1-2H3,(H,25,26)/b24-14+. The molecule has 3 aromatic rings. The fraction of sp³-hybridized carbons (Fsp3) is 0.304. The normalized spacial score (nSPS) is 16.0. The summed E-state index contributed by atoms with van der Waals surface area (Å²) < 4.78 is 5.67. The van der Waals surface area contributed by atoms with E-state index >= 15 is 0 Å². The molecule has 0 radical (unpaired) electrons. The zero-order valence-electron chi connectivity index (χ0n) is 16.6. The summed E-state index contributed by atoms with van der Waals surface area (Å²) in [4.78, 5) is 20.4. The average Bonchev–Trinajstić information content (AvgIpc) is 3.35. The van der Waals surface area contributed by atoms with Gasteiger partial charge in [-0.3, -0.25) is 4.79 Å². The third-order valence-corrected chi connectivity index (χ3v) is 6.98.